The number of hydrogen-bond acceptors (Lipinski definition) is 6. The maximum absolute atomic E-state index is 13.5. The summed E-state index contributed by atoms with van der Waals surface area (Å²) in [5, 5.41) is 4.26. The average Bonchev–Trinajstić information content (AvgIpc) is 3.52. The molecule has 1 aliphatic heterocycles. The molecule has 0 unspecified atom stereocenters. The fraction of sp³-hybridized carbons (Fsp3) is 0.312. The van der Waals surface area contributed by atoms with Gasteiger partial charge >= 0.3 is 0 Å². The lowest BCUT2D eigenvalue weighted by Gasteiger charge is -2.32. The highest BCUT2D eigenvalue weighted by molar-refractivity contribution is 7.90. The van der Waals surface area contributed by atoms with E-state index in [4.69, 9.17) is 4.74 Å². The summed E-state index contributed by atoms with van der Waals surface area (Å²) < 4.78 is 61.8. The van der Waals surface area contributed by atoms with Gasteiger partial charge in [-0.05, 0) is 85.3 Å². The average molecular weight is 609 g/mol. The van der Waals surface area contributed by atoms with Crippen molar-refractivity contribution in [3.05, 3.63) is 114 Å². The molecule has 43 heavy (non-hydrogen) atoms. The minimum atomic E-state index is -4.35. The molecule has 1 saturated heterocycles. The molecule has 3 aromatic carbocycles. The lowest BCUT2D eigenvalue weighted by molar-refractivity contribution is -0.119. The van der Waals surface area contributed by atoms with Crippen molar-refractivity contribution in [2.75, 3.05) is 26.2 Å². The molecule has 0 spiro atoms. The molecule has 0 atom stereocenters. The Morgan fingerprint density at radius 3 is 2.49 bits per heavy atom. The first-order valence-corrected chi connectivity index (χ1v) is 15.8. The van der Waals surface area contributed by atoms with Gasteiger partial charge in [-0.1, -0.05) is 42.5 Å². The molecular formula is C32H34F2N4O4S. The molecule has 0 bridgehead atoms. The summed E-state index contributed by atoms with van der Waals surface area (Å²) in [5.74, 6) is -2.06. The van der Waals surface area contributed by atoms with Crippen LogP contribution >= 0.6 is 0 Å². The topological polar surface area (TPSA) is 93.5 Å². The maximum Gasteiger partial charge on any atom is 0.264 e. The third-order valence-corrected chi connectivity index (χ3v) is 9.00. The Labute approximate surface area is 250 Å². The van der Waals surface area contributed by atoms with E-state index in [1.54, 1.807) is 10.9 Å². The molecule has 5 rings (SSSR count). The Kier molecular flexibility index (Phi) is 9.83. The molecule has 1 amide bonds. The largest absolute Gasteiger partial charge is 0.492 e. The van der Waals surface area contributed by atoms with Crippen molar-refractivity contribution in [1.82, 2.24) is 19.4 Å². The summed E-state index contributed by atoms with van der Waals surface area (Å²) >= 11 is 0. The van der Waals surface area contributed by atoms with Gasteiger partial charge in [-0.2, -0.15) is 5.10 Å². The zero-order chi connectivity index (χ0) is 30.2. The van der Waals surface area contributed by atoms with Crippen molar-refractivity contribution in [1.29, 1.82) is 0 Å². The number of nitrogens with zero attached hydrogens (tertiary/aromatic N) is 3. The van der Waals surface area contributed by atoms with Gasteiger partial charge < -0.3 is 4.74 Å². The summed E-state index contributed by atoms with van der Waals surface area (Å²) in [6, 6.07) is 20.3. The lowest BCUT2D eigenvalue weighted by atomic mass is 9.89. The third kappa shape index (κ3) is 8.26. The predicted molar refractivity (Wildman–Crippen MR) is 158 cm³/mol. The SMILES string of the molecule is O=C(CCc1ccc(Cn2cccn2)cc1OCCN1CCC(c2ccccc2)CC1)NS(=O)(=O)c1ccc(F)c(F)c1. The summed E-state index contributed by atoms with van der Waals surface area (Å²) in [6.45, 7) is 3.75. The number of halogens is 2. The number of amides is 1. The van der Waals surface area contributed by atoms with Crippen LogP contribution in [0.4, 0.5) is 8.78 Å². The Morgan fingerprint density at radius 1 is 0.977 bits per heavy atom. The van der Waals surface area contributed by atoms with E-state index in [1.165, 1.54) is 5.56 Å². The normalized spacial score (nSPS) is 14.5. The number of rotatable bonds is 12. The molecule has 226 valence electrons. The van der Waals surface area contributed by atoms with Crippen LogP contribution in [-0.2, 0) is 27.8 Å². The van der Waals surface area contributed by atoms with Crippen LogP contribution in [0.3, 0.4) is 0 Å². The molecule has 4 aromatic rings. The van der Waals surface area contributed by atoms with Gasteiger partial charge in [0, 0.05) is 25.4 Å². The van der Waals surface area contributed by atoms with Crippen molar-refractivity contribution >= 4 is 15.9 Å². The molecule has 1 fully saturated rings. The van der Waals surface area contributed by atoms with E-state index in [-0.39, 0.29) is 12.8 Å². The number of carbonyl (C=O) groups is 1. The minimum absolute atomic E-state index is 0.148. The molecule has 2 heterocycles. The number of aryl methyl sites for hydroxylation is 1. The van der Waals surface area contributed by atoms with Crippen molar-refractivity contribution < 1.29 is 26.7 Å². The zero-order valence-electron chi connectivity index (χ0n) is 23.7. The number of nitrogens with one attached hydrogen (secondary N) is 1. The molecule has 0 radical (unpaired) electrons. The van der Waals surface area contributed by atoms with Gasteiger partial charge in [0.25, 0.3) is 10.0 Å². The second-order valence-electron chi connectivity index (χ2n) is 10.6. The molecule has 1 aliphatic rings. The first-order valence-electron chi connectivity index (χ1n) is 14.3. The fourth-order valence-electron chi connectivity index (χ4n) is 5.27. The van der Waals surface area contributed by atoms with E-state index in [0.29, 0.717) is 37.0 Å². The van der Waals surface area contributed by atoms with Gasteiger partial charge in [-0.25, -0.2) is 21.9 Å². The van der Waals surface area contributed by atoms with E-state index in [1.807, 2.05) is 41.3 Å². The van der Waals surface area contributed by atoms with E-state index in [9.17, 15) is 22.0 Å². The van der Waals surface area contributed by atoms with Crippen LogP contribution in [0.1, 0.15) is 41.9 Å². The second kappa shape index (κ2) is 13.9. The molecule has 8 nitrogen and oxygen atoms in total. The number of ether oxygens (including phenoxy) is 1. The zero-order valence-corrected chi connectivity index (χ0v) is 24.5. The van der Waals surface area contributed by atoms with Gasteiger partial charge in [0.1, 0.15) is 12.4 Å². The Bertz CT molecular complexity index is 1620. The van der Waals surface area contributed by atoms with Gasteiger partial charge in [0.2, 0.25) is 5.91 Å². The molecule has 0 saturated carbocycles. The van der Waals surface area contributed by atoms with Gasteiger partial charge in [0.05, 0.1) is 11.4 Å². The quantitative estimate of drug-likeness (QED) is 0.246. The third-order valence-electron chi connectivity index (χ3n) is 7.63. The van der Waals surface area contributed by atoms with Crippen molar-refractivity contribution in [3.63, 3.8) is 0 Å². The molecule has 1 aromatic heterocycles. The van der Waals surface area contributed by atoms with E-state index >= 15 is 0 Å². The van der Waals surface area contributed by atoms with Crippen LogP contribution < -0.4 is 9.46 Å². The van der Waals surface area contributed by atoms with Crippen LogP contribution in [0.15, 0.2) is 90.1 Å². The van der Waals surface area contributed by atoms with Crippen molar-refractivity contribution in [3.8, 4) is 5.75 Å². The number of sulfonamides is 1. The van der Waals surface area contributed by atoms with E-state index in [0.717, 1.165) is 49.7 Å². The van der Waals surface area contributed by atoms with Crippen molar-refractivity contribution in [2.45, 2.75) is 43.0 Å². The highest BCUT2D eigenvalue weighted by Crippen LogP contribution is 2.28. The van der Waals surface area contributed by atoms with E-state index in [2.05, 4.69) is 34.3 Å². The minimum Gasteiger partial charge on any atom is -0.492 e. The number of benzene rings is 3. The number of hydrogen-bond donors (Lipinski definition) is 1. The number of likely N-dealkylation sites (tertiary alicyclic amines) is 1. The van der Waals surface area contributed by atoms with Gasteiger partial charge in [0.15, 0.2) is 11.6 Å². The number of aromatic nitrogens is 2. The predicted octanol–water partition coefficient (Wildman–Crippen LogP) is 4.91. The van der Waals surface area contributed by atoms with Gasteiger partial charge in [-0.3, -0.25) is 14.4 Å². The first-order chi connectivity index (χ1) is 20.8. The van der Waals surface area contributed by atoms with Crippen LogP contribution in [0.25, 0.3) is 0 Å². The Morgan fingerprint density at radius 2 is 1.77 bits per heavy atom. The monoisotopic (exact) mass is 608 g/mol. The highest BCUT2D eigenvalue weighted by atomic mass is 32.2. The lowest BCUT2D eigenvalue weighted by Crippen LogP contribution is -2.35. The smallest absolute Gasteiger partial charge is 0.264 e. The Hall–Kier alpha value is -4.09. The molecular weight excluding hydrogens is 574 g/mol. The van der Waals surface area contributed by atoms with Crippen molar-refractivity contribution in [2.24, 2.45) is 0 Å². The van der Waals surface area contributed by atoms with Crippen LogP contribution in [0.5, 0.6) is 5.75 Å². The standard InChI is InChI=1S/C32H34F2N4O4S/c33-29-11-10-28(22-30(29)34)43(40,41)36-32(39)12-9-27-8-7-24(23-38-16-4-15-35-38)21-31(27)42-20-19-37-17-13-26(14-18-37)25-5-2-1-3-6-25/h1-8,10-11,15-16,21-22,26H,9,12-14,17-20,23H2,(H,36,39). The number of carbonyl (C=O) groups excluding carboxylic acids is 1. The summed E-state index contributed by atoms with van der Waals surface area (Å²) in [5.41, 5.74) is 3.11. The highest BCUT2D eigenvalue weighted by Gasteiger charge is 2.22. The first kappa shape index (κ1) is 30.4. The van der Waals surface area contributed by atoms with Crippen LogP contribution in [0, 0.1) is 11.6 Å². The fourth-order valence-corrected chi connectivity index (χ4v) is 6.30. The van der Waals surface area contributed by atoms with Crippen LogP contribution in [0.2, 0.25) is 0 Å². The molecule has 1 N–H and O–H groups in total. The van der Waals surface area contributed by atoms with Crippen LogP contribution in [-0.4, -0.2) is 55.2 Å². The Balaban J connectivity index is 1.19. The summed E-state index contributed by atoms with van der Waals surface area (Å²) in [7, 11) is -4.35. The maximum atomic E-state index is 13.5. The number of piperidine rings is 1. The molecule has 0 aliphatic carbocycles. The molecule has 11 heteroatoms. The van der Waals surface area contributed by atoms with E-state index < -0.39 is 32.5 Å². The van der Waals surface area contributed by atoms with Gasteiger partial charge in [-0.15, -0.1) is 0 Å². The summed E-state index contributed by atoms with van der Waals surface area (Å²) in [6.07, 6.45) is 5.84. The second-order valence-corrected chi connectivity index (χ2v) is 12.3. The summed E-state index contributed by atoms with van der Waals surface area (Å²) in [4.78, 5) is 14.4.